The molecule has 3 aromatic heterocycles. The Morgan fingerprint density at radius 1 is 0.897 bits per heavy atom. The molecule has 3 aliphatic rings. The molecule has 3 aromatic rings. The number of rotatable bonds is 4. The minimum Gasteiger partial charge on any atom is -0.657 e. The molecule has 0 amide bonds. The molecule has 0 saturated heterocycles. The second kappa shape index (κ2) is 10.4. The Morgan fingerprint density at radius 3 is 2.31 bits per heavy atom. The number of ketones is 1. The summed E-state index contributed by atoms with van der Waals surface area (Å²) in [5.41, 5.74) is 15.3. The van der Waals surface area contributed by atoms with Crippen LogP contribution in [0.15, 0.2) is 18.2 Å². The van der Waals surface area contributed by atoms with Crippen molar-refractivity contribution in [1.29, 1.82) is 0 Å². The zero-order valence-electron chi connectivity index (χ0n) is 24.3. The van der Waals surface area contributed by atoms with E-state index in [0.717, 1.165) is 87.2 Å². The van der Waals surface area contributed by atoms with Gasteiger partial charge in [-0.3, -0.25) is 9.78 Å². The minimum absolute atomic E-state index is 0. The number of hydrogen-bond donors (Lipinski definition) is 0. The number of hydrogen-bond acceptors (Lipinski definition) is 3. The van der Waals surface area contributed by atoms with Gasteiger partial charge in [-0.05, 0) is 56.7 Å². The molecule has 0 saturated carbocycles. The Labute approximate surface area is 247 Å². The van der Waals surface area contributed by atoms with E-state index in [4.69, 9.17) is 19.9 Å². The molecule has 5 heterocycles. The van der Waals surface area contributed by atoms with Gasteiger partial charge in [-0.15, -0.1) is 22.1 Å². The van der Waals surface area contributed by atoms with E-state index < -0.39 is 0 Å². The van der Waals surface area contributed by atoms with Crippen LogP contribution in [0.1, 0.15) is 121 Å². The average Bonchev–Trinajstić information content (AvgIpc) is 3.63. The van der Waals surface area contributed by atoms with Crippen LogP contribution in [0, 0.1) is 13.8 Å². The van der Waals surface area contributed by atoms with Gasteiger partial charge in [-0.1, -0.05) is 69.0 Å². The third-order valence-corrected chi connectivity index (χ3v) is 9.02. The molecule has 2 atom stereocenters. The Balaban J connectivity index is 0.00000308. The van der Waals surface area contributed by atoms with Crippen molar-refractivity contribution in [1.82, 2.24) is 19.9 Å². The van der Waals surface area contributed by atoms with Gasteiger partial charge in [-0.25, -0.2) is 4.98 Å². The number of carbonyl (C=O) groups excluding carboxylic acids is 1. The molecule has 5 nitrogen and oxygen atoms in total. The third-order valence-electron chi connectivity index (χ3n) is 9.02. The van der Waals surface area contributed by atoms with Gasteiger partial charge in [0.1, 0.15) is 0 Å². The third kappa shape index (κ3) is 4.22. The smallest absolute Gasteiger partial charge is 0.657 e. The summed E-state index contributed by atoms with van der Waals surface area (Å²) in [5, 5.41) is 0. The van der Waals surface area contributed by atoms with Crippen molar-refractivity contribution in [3.63, 3.8) is 0 Å². The van der Waals surface area contributed by atoms with Crippen LogP contribution >= 0.6 is 0 Å². The molecule has 0 N–H and O–H groups in total. The van der Waals surface area contributed by atoms with Gasteiger partial charge in [0.2, 0.25) is 0 Å². The van der Waals surface area contributed by atoms with Crippen LogP contribution in [0.5, 0.6) is 0 Å². The predicted octanol–water partition coefficient (Wildman–Crippen LogP) is 7.14. The van der Waals surface area contributed by atoms with Crippen LogP contribution in [0.3, 0.4) is 0 Å². The number of Topliss-reactive ketones (excluding diaryl/α,β-unsaturated/α-hetero) is 1. The topological polar surface area (TPSA) is 71.1 Å². The first kappa shape index (κ1) is 27.8. The molecule has 6 rings (SSSR count). The summed E-state index contributed by atoms with van der Waals surface area (Å²) in [4.78, 5) is 33.9. The number of fused-ring (bicyclic) bond motifs is 8. The van der Waals surface area contributed by atoms with E-state index in [1.165, 1.54) is 22.3 Å². The molecule has 0 spiro atoms. The first-order chi connectivity index (χ1) is 18.3. The zero-order chi connectivity index (χ0) is 26.9. The zero-order valence-corrected chi connectivity index (χ0v) is 25.7. The maximum absolute atomic E-state index is 13.3. The van der Waals surface area contributed by atoms with E-state index in [9.17, 15) is 4.79 Å². The minimum atomic E-state index is 0. The molecule has 8 bridgehead atoms. The van der Waals surface area contributed by atoms with Crippen molar-refractivity contribution in [2.75, 3.05) is 0 Å². The average molecular weight is 529 g/mol. The molecular weight excluding hydrogens is 493 g/mol. The molecule has 6 heteroatoms. The molecule has 2 aliphatic heterocycles. The first-order valence-corrected chi connectivity index (χ1v) is 14.2. The fourth-order valence-electron chi connectivity index (χ4n) is 6.80. The number of nitrogens with zero attached hydrogens (tertiary/aromatic N) is 4. The first-order valence-electron chi connectivity index (χ1n) is 14.2. The largest absolute Gasteiger partial charge is 2.00 e. The van der Waals surface area contributed by atoms with Crippen LogP contribution < -0.4 is 9.97 Å². The van der Waals surface area contributed by atoms with Crippen LogP contribution in [0.2, 0.25) is 0 Å². The van der Waals surface area contributed by atoms with Crippen molar-refractivity contribution >= 4 is 62.0 Å². The van der Waals surface area contributed by atoms with Gasteiger partial charge in [0.25, 0.3) is 0 Å². The summed E-state index contributed by atoms with van der Waals surface area (Å²) in [6, 6.07) is 6.42. The Hall–Kier alpha value is -2.70. The summed E-state index contributed by atoms with van der Waals surface area (Å²) >= 11 is 0. The maximum atomic E-state index is 13.3. The Morgan fingerprint density at radius 2 is 1.62 bits per heavy atom. The van der Waals surface area contributed by atoms with Gasteiger partial charge in [0.15, 0.2) is 5.78 Å². The fraction of sp³-hybridized carbons (Fsp3) is 0.424. The van der Waals surface area contributed by atoms with Crippen LogP contribution in [-0.2, 0) is 12.8 Å². The van der Waals surface area contributed by atoms with Crippen molar-refractivity contribution in [3.05, 3.63) is 68.8 Å². The predicted molar refractivity (Wildman–Crippen MR) is 160 cm³/mol. The molecule has 0 unspecified atom stereocenters. The van der Waals surface area contributed by atoms with Crippen molar-refractivity contribution in [2.45, 2.75) is 92.4 Å². The summed E-state index contributed by atoms with van der Waals surface area (Å²) < 4.78 is 0. The monoisotopic (exact) mass is 528 g/mol. The van der Waals surface area contributed by atoms with Gasteiger partial charge < -0.3 is 9.97 Å². The second-order valence-electron chi connectivity index (χ2n) is 11.1. The van der Waals surface area contributed by atoms with Crippen LogP contribution in [0.25, 0.3) is 33.2 Å². The fourth-order valence-corrected chi connectivity index (χ4v) is 6.80. The van der Waals surface area contributed by atoms with Gasteiger partial charge in [0.05, 0.1) is 11.4 Å². The standard InChI is InChI=1S/C33H37N4O.Mg/c1-8-11-22-18(6)26-13-24-16(4)20(9-2)28(34-24)14-25-17(5)21(10-3)29(35-25)15-27-19(7)31-30(38)12-23(32(22)36-26)33(31)37-27;/h13-15,18,22H,8-12H2,1-7H3,(H-,34,35,36,37,38);/q-1;+2/p-1/t18-,22-;/m0./s1. The number of allylic oxidation sites excluding steroid dienone is 2. The van der Waals surface area contributed by atoms with Gasteiger partial charge >= 0.3 is 23.1 Å². The normalized spacial score (nSPS) is 18.2. The van der Waals surface area contributed by atoms with Crippen LogP contribution in [0.4, 0.5) is 0 Å². The molecular formula is C33H36MgN4O. The molecule has 1 aliphatic carbocycles. The molecule has 0 radical (unpaired) electrons. The van der Waals surface area contributed by atoms with E-state index >= 15 is 0 Å². The number of carbonyl (C=O) groups is 1. The quantitative estimate of drug-likeness (QED) is 0.337. The SMILES string of the molecule is CCC[C@@H]1c2nc(cc3[n-]c(cc4nc(cc5[n-]c6c2CC(=O)c6c5C)C(CC)=C4C)c(CC)c3C)[C@H]1C.[Mg+2]. The molecule has 39 heavy (non-hydrogen) atoms. The summed E-state index contributed by atoms with van der Waals surface area (Å²) in [6.45, 7) is 15.2. The summed E-state index contributed by atoms with van der Waals surface area (Å²) in [6.07, 6.45) is 4.29. The van der Waals surface area contributed by atoms with Crippen LogP contribution in [-0.4, -0.2) is 38.8 Å². The summed E-state index contributed by atoms with van der Waals surface area (Å²) in [7, 11) is 0. The van der Waals surface area contributed by atoms with E-state index in [-0.39, 0.29) is 40.7 Å². The molecule has 0 fully saturated rings. The maximum Gasteiger partial charge on any atom is 2.00 e. The number of aryl methyl sites for hydroxylation is 3. The molecule has 196 valence electrons. The van der Waals surface area contributed by atoms with E-state index in [1.54, 1.807) is 0 Å². The Bertz CT molecular complexity index is 1700. The van der Waals surface area contributed by atoms with E-state index in [2.05, 4.69) is 59.7 Å². The van der Waals surface area contributed by atoms with Crippen molar-refractivity contribution in [2.24, 2.45) is 0 Å². The van der Waals surface area contributed by atoms with E-state index in [0.29, 0.717) is 6.42 Å². The number of aromatic nitrogens is 4. The van der Waals surface area contributed by atoms with Gasteiger partial charge in [0, 0.05) is 35.2 Å². The molecule has 0 aromatic carbocycles. The summed E-state index contributed by atoms with van der Waals surface area (Å²) in [5.74, 6) is 0.697. The Kier molecular flexibility index (Phi) is 7.40. The van der Waals surface area contributed by atoms with Crippen molar-refractivity contribution < 1.29 is 4.79 Å². The van der Waals surface area contributed by atoms with Crippen molar-refractivity contribution in [3.8, 4) is 0 Å². The van der Waals surface area contributed by atoms with E-state index in [1.807, 2.05) is 6.92 Å². The second-order valence-corrected chi connectivity index (χ2v) is 11.1. The van der Waals surface area contributed by atoms with Gasteiger partial charge in [-0.2, -0.15) is 0 Å².